The molecule has 0 heterocycles. The average Bonchev–Trinajstić information content (AvgIpc) is 2.48. The Balaban J connectivity index is 2.90. The second-order valence-electron chi connectivity index (χ2n) is 4.58. The SMILES string of the molecule is C=CS(=O)(=O)c1ccc(Br)c(-c2ccccc2Cl)c1C[N+](=O)[O-]. The fraction of sp³-hybridized carbons (Fsp3) is 0.0667. The topological polar surface area (TPSA) is 77.3 Å². The van der Waals surface area contributed by atoms with Gasteiger partial charge in [0.2, 0.25) is 6.54 Å². The van der Waals surface area contributed by atoms with Crippen molar-refractivity contribution in [1.82, 2.24) is 0 Å². The molecule has 23 heavy (non-hydrogen) atoms. The molecular weight excluding hydrogens is 406 g/mol. The predicted molar refractivity (Wildman–Crippen MR) is 92.7 cm³/mol. The first-order valence-corrected chi connectivity index (χ1v) is 9.05. The standard InChI is InChI=1S/C15H11BrClNO4S/c1-2-23(21,22)14-8-7-12(16)15(11(14)9-18(19)20)10-5-3-4-6-13(10)17/h2-8H,1,9H2. The van der Waals surface area contributed by atoms with Crippen molar-refractivity contribution >= 4 is 37.4 Å². The van der Waals surface area contributed by atoms with E-state index in [9.17, 15) is 18.5 Å². The smallest absolute Gasteiger partial charge is 0.230 e. The Labute approximate surface area is 146 Å². The van der Waals surface area contributed by atoms with Gasteiger partial charge in [-0.2, -0.15) is 0 Å². The molecule has 5 nitrogen and oxygen atoms in total. The van der Waals surface area contributed by atoms with E-state index in [1.807, 2.05) is 0 Å². The molecule has 2 aromatic carbocycles. The summed E-state index contributed by atoms with van der Waals surface area (Å²) in [5.41, 5.74) is 0.964. The molecule has 0 N–H and O–H groups in total. The minimum absolute atomic E-state index is 0.0670. The van der Waals surface area contributed by atoms with Gasteiger partial charge in [-0.3, -0.25) is 10.1 Å². The van der Waals surface area contributed by atoms with Crippen LogP contribution >= 0.6 is 27.5 Å². The molecule has 0 aliphatic carbocycles. The summed E-state index contributed by atoms with van der Waals surface area (Å²) in [4.78, 5) is 10.3. The van der Waals surface area contributed by atoms with Crippen LogP contribution in [0.3, 0.4) is 0 Å². The fourth-order valence-corrected chi connectivity index (χ4v) is 3.96. The zero-order valence-corrected chi connectivity index (χ0v) is 14.9. The number of rotatable bonds is 5. The van der Waals surface area contributed by atoms with Crippen LogP contribution in [-0.2, 0) is 16.4 Å². The van der Waals surface area contributed by atoms with Crippen molar-refractivity contribution in [2.75, 3.05) is 0 Å². The highest BCUT2D eigenvalue weighted by Crippen LogP contribution is 2.39. The predicted octanol–water partition coefficient (Wildman–Crippen LogP) is 4.46. The number of hydrogen-bond donors (Lipinski definition) is 0. The lowest BCUT2D eigenvalue weighted by atomic mass is 9.99. The minimum atomic E-state index is -3.84. The highest BCUT2D eigenvalue weighted by molar-refractivity contribution is 9.10. The highest BCUT2D eigenvalue weighted by Gasteiger charge is 2.25. The Morgan fingerprint density at radius 3 is 2.48 bits per heavy atom. The van der Waals surface area contributed by atoms with Gasteiger partial charge in [-0.05, 0) is 18.2 Å². The summed E-state index contributed by atoms with van der Waals surface area (Å²) in [6, 6.07) is 9.60. The Morgan fingerprint density at radius 1 is 1.26 bits per heavy atom. The van der Waals surface area contributed by atoms with Crippen molar-refractivity contribution < 1.29 is 13.3 Å². The van der Waals surface area contributed by atoms with Gasteiger partial charge in [0.05, 0.1) is 10.5 Å². The molecule has 0 aliphatic heterocycles. The molecule has 120 valence electrons. The zero-order chi connectivity index (χ0) is 17.2. The number of benzene rings is 2. The zero-order valence-electron chi connectivity index (χ0n) is 11.7. The molecule has 0 aliphatic rings. The largest absolute Gasteiger partial charge is 0.264 e. The van der Waals surface area contributed by atoms with E-state index in [0.717, 1.165) is 5.41 Å². The van der Waals surface area contributed by atoms with Gasteiger partial charge < -0.3 is 0 Å². The first kappa shape index (κ1) is 17.7. The molecule has 0 saturated carbocycles. The molecular formula is C15H11BrClNO4S. The van der Waals surface area contributed by atoms with Crippen LogP contribution in [0, 0.1) is 10.1 Å². The summed E-state index contributed by atoms with van der Waals surface area (Å²) >= 11 is 9.51. The molecule has 0 radical (unpaired) electrons. The lowest BCUT2D eigenvalue weighted by Crippen LogP contribution is -2.09. The first-order valence-electron chi connectivity index (χ1n) is 6.33. The van der Waals surface area contributed by atoms with Crippen molar-refractivity contribution in [3.63, 3.8) is 0 Å². The van der Waals surface area contributed by atoms with Gasteiger partial charge in [0.1, 0.15) is 0 Å². The molecule has 2 rings (SSSR count). The fourth-order valence-electron chi connectivity index (χ4n) is 2.20. The summed E-state index contributed by atoms with van der Waals surface area (Å²) in [5.74, 6) is 0. The van der Waals surface area contributed by atoms with Gasteiger partial charge in [0.15, 0.2) is 9.84 Å². The van der Waals surface area contributed by atoms with Gasteiger partial charge in [0, 0.05) is 31.0 Å². The van der Waals surface area contributed by atoms with Gasteiger partial charge in [0.25, 0.3) is 0 Å². The third-order valence-electron chi connectivity index (χ3n) is 3.18. The quantitative estimate of drug-likeness (QED) is 0.532. The van der Waals surface area contributed by atoms with E-state index in [2.05, 4.69) is 22.5 Å². The summed E-state index contributed by atoms with van der Waals surface area (Å²) in [6.45, 7) is 2.63. The second-order valence-corrected chi connectivity index (χ2v) is 7.71. The van der Waals surface area contributed by atoms with Crippen molar-refractivity contribution in [1.29, 1.82) is 0 Å². The van der Waals surface area contributed by atoms with Gasteiger partial charge in [-0.1, -0.05) is 52.3 Å². The van der Waals surface area contributed by atoms with Gasteiger partial charge >= 0.3 is 0 Å². The molecule has 8 heteroatoms. The Kier molecular flexibility index (Phi) is 5.23. The van der Waals surface area contributed by atoms with Crippen LogP contribution in [0.1, 0.15) is 5.56 Å². The lowest BCUT2D eigenvalue weighted by Gasteiger charge is -2.14. The minimum Gasteiger partial charge on any atom is -0.264 e. The van der Waals surface area contributed by atoms with Gasteiger partial charge in [-0.25, -0.2) is 8.42 Å². The van der Waals surface area contributed by atoms with E-state index >= 15 is 0 Å². The number of nitro groups is 1. The monoisotopic (exact) mass is 415 g/mol. The average molecular weight is 417 g/mol. The van der Waals surface area contributed by atoms with Crippen LogP contribution in [0.4, 0.5) is 0 Å². The normalized spacial score (nSPS) is 11.2. The maximum atomic E-state index is 12.2. The van der Waals surface area contributed by atoms with Crippen LogP contribution in [0.15, 0.2) is 57.8 Å². The summed E-state index contributed by atoms with van der Waals surface area (Å²) in [6.07, 6.45) is 0. The molecule has 0 aromatic heterocycles. The van der Waals surface area contributed by atoms with Crippen LogP contribution in [0.5, 0.6) is 0 Å². The van der Waals surface area contributed by atoms with Crippen molar-refractivity contribution in [3.8, 4) is 11.1 Å². The number of hydrogen-bond acceptors (Lipinski definition) is 4. The molecule has 0 unspecified atom stereocenters. The summed E-state index contributed by atoms with van der Waals surface area (Å²) in [5, 5.41) is 12.2. The Morgan fingerprint density at radius 2 is 1.91 bits per heavy atom. The molecule has 0 fully saturated rings. The second kappa shape index (κ2) is 6.82. The van der Waals surface area contributed by atoms with Crippen molar-refractivity contribution in [2.24, 2.45) is 0 Å². The Hall–Kier alpha value is -1.70. The Bertz CT molecular complexity index is 896. The molecule has 0 bridgehead atoms. The maximum Gasteiger partial charge on any atom is 0.230 e. The van der Waals surface area contributed by atoms with Crippen molar-refractivity contribution in [3.05, 3.63) is 73.6 Å². The van der Waals surface area contributed by atoms with E-state index in [1.165, 1.54) is 12.1 Å². The van der Waals surface area contributed by atoms with Crippen molar-refractivity contribution in [2.45, 2.75) is 11.4 Å². The molecule has 2 aromatic rings. The number of nitrogens with zero attached hydrogens (tertiary/aromatic N) is 1. The van der Waals surface area contributed by atoms with E-state index in [-0.39, 0.29) is 10.5 Å². The van der Waals surface area contributed by atoms with Crippen LogP contribution in [-0.4, -0.2) is 13.3 Å². The lowest BCUT2D eigenvalue weighted by molar-refractivity contribution is -0.497. The number of sulfone groups is 1. The van der Waals surface area contributed by atoms with Crippen LogP contribution in [0.25, 0.3) is 11.1 Å². The molecule has 0 amide bonds. The summed E-state index contributed by atoms with van der Waals surface area (Å²) in [7, 11) is -3.84. The first-order chi connectivity index (χ1) is 10.8. The molecule has 0 saturated heterocycles. The van der Waals surface area contributed by atoms with E-state index in [4.69, 9.17) is 11.6 Å². The van der Waals surface area contributed by atoms with Crippen LogP contribution in [0.2, 0.25) is 5.02 Å². The van der Waals surface area contributed by atoms with Gasteiger partial charge in [-0.15, -0.1) is 0 Å². The maximum absolute atomic E-state index is 12.2. The number of halogens is 2. The third-order valence-corrected chi connectivity index (χ3v) is 5.60. The third kappa shape index (κ3) is 3.63. The van der Waals surface area contributed by atoms with E-state index in [0.29, 0.717) is 20.6 Å². The van der Waals surface area contributed by atoms with Crippen LogP contribution < -0.4 is 0 Å². The van der Waals surface area contributed by atoms with E-state index in [1.54, 1.807) is 24.3 Å². The highest BCUT2D eigenvalue weighted by atomic mass is 79.9. The molecule has 0 atom stereocenters. The van der Waals surface area contributed by atoms with E-state index < -0.39 is 21.3 Å². The summed E-state index contributed by atoms with van der Waals surface area (Å²) < 4.78 is 24.9. The molecule has 0 spiro atoms.